The molecule has 0 saturated carbocycles. The average molecular weight is 456 g/mol. The summed E-state index contributed by atoms with van der Waals surface area (Å²) in [6, 6.07) is 25.1. The van der Waals surface area contributed by atoms with Crippen LogP contribution in [0.5, 0.6) is 0 Å². The summed E-state index contributed by atoms with van der Waals surface area (Å²) >= 11 is 1.57. The number of thiophene rings is 1. The zero-order valence-corrected chi connectivity index (χ0v) is 20.0. The molecule has 1 N–H and O–H groups in total. The number of hydrogen-bond donors (Lipinski definition) is 1. The molecule has 0 unspecified atom stereocenters. The molecule has 2 heterocycles. The Morgan fingerprint density at radius 3 is 2.33 bits per heavy atom. The van der Waals surface area contributed by atoms with E-state index in [1.807, 2.05) is 24.3 Å². The monoisotopic (exact) mass is 455 g/mol. The molecule has 4 nitrogen and oxygen atoms in total. The summed E-state index contributed by atoms with van der Waals surface area (Å²) in [4.78, 5) is 18.9. The van der Waals surface area contributed by atoms with E-state index < -0.39 is 0 Å². The van der Waals surface area contributed by atoms with Gasteiger partial charge in [0.05, 0.1) is 4.88 Å². The van der Waals surface area contributed by atoms with Crippen molar-refractivity contribution in [3.05, 3.63) is 94.4 Å². The highest BCUT2D eigenvalue weighted by molar-refractivity contribution is 7.21. The molecule has 1 aliphatic rings. The fourth-order valence-electron chi connectivity index (χ4n) is 4.38. The van der Waals surface area contributed by atoms with Gasteiger partial charge in [-0.3, -0.25) is 4.79 Å². The second kappa shape index (κ2) is 9.38. The van der Waals surface area contributed by atoms with Gasteiger partial charge in [-0.2, -0.15) is 0 Å². The average Bonchev–Trinajstić information content (AvgIpc) is 3.20. The Hall–Kier alpha value is -3.15. The van der Waals surface area contributed by atoms with Gasteiger partial charge in [0.25, 0.3) is 5.91 Å². The number of nitrogens with one attached hydrogen (secondary N) is 1. The second-order valence-corrected chi connectivity index (χ2v) is 9.91. The standard InChI is InChI=1S/C28H29N3OS/c1-20-7-9-21(10-8-20)19-25-24-5-3-4-6-26(24)33-27(25)28(32)29-22-11-13-23(14-12-22)31-17-15-30(2)16-18-31/h3-14H,15-19H2,1-2H3,(H,29,32). The minimum atomic E-state index is -0.0364. The van der Waals surface area contributed by atoms with Crippen molar-refractivity contribution in [3.63, 3.8) is 0 Å². The lowest BCUT2D eigenvalue weighted by atomic mass is 10.0. The van der Waals surface area contributed by atoms with E-state index in [9.17, 15) is 4.79 Å². The fraction of sp³-hybridized carbons (Fsp3) is 0.250. The van der Waals surface area contributed by atoms with Gasteiger partial charge >= 0.3 is 0 Å². The number of hydrogen-bond acceptors (Lipinski definition) is 4. The molecule has 4 aromatic rings. The van der Waals surface area contributed by atoms with Crippen molar-refractivity contribution in [1.29, 1.82) is 0 Å². The molecular weight excluding hydrogens is 426 g/mol. The van der Waals surface area contributed by atoms with Gasteiger partial charge in [0, 0.05) is 42.3 Å². The van der Waals surface area contributed by atoms with E-state index in [0.29, 0.717) is 0 Å². The number of amides is 1. The topological polar surface area (TPSA) is 35.6 Å². The van der Waals surface area contributed by atoms with Crippen LogP contribution in [0.2, 0.25) is 0 Å². The van der Waals surface area contributed by atoms with Crippen molar-refractivity contribution in [3.8, 4) is 0 Å². The highest BCUT2D eigenvalue weighted by atomic mass is 32.1. The molecule has 0 aliphatic carbocycles. The van der Waals surface area contributed by atoms with Crippen molar-refractivity contribution < 1.29 is 4.79 Å². The third-order valence-corrected chi connectivity index (χ3v) is 7.61. The van der Waals surface area contributed by atoms with E-state index in [4.69, 9.17) is 0 Å². The van der Waals surface area contributed by atoms with Crippen molar-refractivity contribution in [2.75, 3.05) is 43.4 Å². The van der Waals surface area contributed by atoms with E-state index in [2.05, 4.69) is 77.6 Å². The van der Waals surface area contributed by atoms with Crippen molar-refractivity contribution in [2.24, 2.45) is 0 Å². The van der Waals surface area contributed by atoms with Crippen molar-refractivity contribution in [1.82, 2.24) is 4.90 Å². The van der Waals surface area contributed by atoms with Crippen LogP contribution in [0.15, 0.2) is 72.8 Å². The zero-order chi connectivity index (χ0) is 22.8. The van der Waals surface area contributed by atoms with E-state index in [1.165, 1.54) is 22.2 Å². The predicted molar refractivity (Wildman–Crippen MR) is 140 cm³/mol. The Balaban J connectivity index is 1.37. The van der Waals surface area contributed by atoms with Gasteiger partial charge in [0.1, 0.15) is 0 Å². The quantitative estimate of drug-likeness (QED) is 0.413. The molecule has 3 aromatic carbocycles. The number of nitrogens with zero attached hydrogens (tertiary/aromatic N) is 2. The zero-order valence-electron chi connectivity index (χ0n) is 19.2. The molecule has 1 aliphatic heterocycles. The molecule has 0 spiro atoms. The van der Waals surface area contributed by atoms with Crippen LogP contribution in [0.25, 0.3) is 10.1 Å². The van der Waals surface area contributed by atoms with E-state index in [1.54, 1.807) is 11.3 Å². The highest BCUT2D eigenvalue weighted by Gasteiger charge is 2.19. The smallest absolute Gasteiger partial charge is 0.266 e. The summed E-state index contributed by atoms with van der Waals surface area (Å²) in [7, 11) is 2.16. The van der Waals surface area contributed by atoms with Gasteiger partial charge in [-0.1, -0.05) is 48.0 Å². The normalized spacial score (nSPS) is 14.5. The molecule has 1 amide bonds. The maximum absolute atomic E-state index is 13.4. The molecular formula is C28H29N3OS. The number of anilines is 2. The first-order chi connectivity index (χ1) is 16.1. The molecule has 1 saturated heterocycles. The number of fused-ring (bicyclic) bond motifs is 1. The Morgan fingerprint density at radius 1 is 0.909 bits per heavy atom. The minimum absolute atomic E-state index is 0.0364. The molecule has 5 heteroatoms. The Labute approximate surface area is 199 Å². The van der Waals surface area contributed by atoms with Crippen LogP contribution in [0.4, 0.5) is 11.4 Å². The van der Waals surface area contributed by atoms with Crippen molar-refractivity contribution >= 4 is 38.7 Å². The van der Waals surface area contributed by atoms with E-state index >= 15 is 0 Å². The lowest BCUT2D eigenvalue weighted by molar-refractivity contribution is 0.103. The maximum Gasteiger partial charge on any atom is 0.266 e. The third-order valence-electron chi connectivity index (χ3n) is 6.40. The van der Waals surface area contributed by atoms with E-state index in [0.717, 1.165) is 53.4 Å². The Bertz CT molecular complexity index is 1250. The lowest BCUT2D eigenvalue weighted by Crippen LogP contribution is -2.44. The molecule has 1 fully saturated rings. The number of rotatable bonds is 5. The number of aryl methyl sites for hydroxylation is 1. The molecule has 0 bridgehead atoms. The van der Waals surface area contributed by atoms with Gasteiger partial charge in [-0.15, -0.1) is 11.3 Å². The second-order valence-electron chi connectivity index (χ2n) is 8.86. The maximum atomic E-state index is 13.4. The number of carbonyl (C=O) groups is 1. The summed E-state index contributed by atoms with van der Waals surface area (Å²) in [5.74, 6) is -0.0364. The Morgan fingerprint density at radius 2 is 1.61 bits per heavy atom. The molecule has 1 aromatic heterocycles. The summed E-state index contributed by atoms with van der Waals surface area (Å²) in [6.45, 7) is 6.32. The number of carbonyl (C=O) groups excluding carboxylic acids is 1. The Kier molecular flexibility index (Phi) is 6.16. The predicted octanol–water partition coefficient (Wildman–Crippen LogP) is 5.80. The van der Waals surface area contributed by atoms with Gasteiger partial charge in [0.2, 0.25) is 0 Å². The van der Waals surface area contributed by atoms with E-state index in [-0.39, 0.29) is 5.91 Å². The van der Waals surface area contributed by atoms with Crippen LogP contribution in [0.1, 0.15) is 26.4 Å². The van der Waals surface area contributed by atoms with Crippen LogP contribution < -0.4 is 10.2 Å². The van der Waals surface area contributed by atoms with Crippen LogP contribution >= 0.6 is 11.3 Å². The summed E-state index contributed by atoms with van der Waals surface area (Å²) < 4.78 is 1.15. The summed E-state index contributed by atoms with van der Waals surface area (Å²) in [6.07, 6.45) is 0.745. The number of likely N-dealkylation sites (N-methyl/N-ethyl adjacent to an activating group) is 1. The lowest BCUT2D eigenvalue weighted by Gasteiger charge is -2.34. The SMILES string of the molecule is Cc1ccc(Cc2c(C(=O)Nc3ccc(N4CCN(C)CC4)cc3)sc3ccccc23)cc1. The van der Waals surface area contributed by atoms with Crippen molar-refractivity contribution in [2.45, 2.75) is 13.3 Å². The largest absolute Gasteiger partial charge is 0.369 e. The van der Waals surface area contributed by atoms with Gasteiger partial charge < -0.3 is 15.1 Å². The molecule has 0 atom stereocenters. The van der Waals surface area contributed by atoms with Gasteiger partial charge in [0.15, 0.2) is 0 Å². The van der Waals surface area contributed by atoms with Crippen LogP contribution in [-0.2, 0) is 6.42 Å². The minimum Gasteiger partial charge on any atom is -0.369 e. The van der Waals surface area contributed by atoms with Gasteiger partial charge in [-0.05, 0) is 67.2 Å². The van der Waals surface area contributed by atoms with Crippen LogP contribution in [0, 0.1) is 6.92 Å². The van der Waals surface area contributed by atoms with Crippen LogP contribution in [-0.4, -0.2) is 44.0 Å². The highest BCUT2D eigenvalue weighted by Crippen LogP contribution is 2.34. The van der Waals surface area contributed by atoms with Gasteiger partial charge in [-0.25, -0.2) is 0 Å². The first-order valence-electron chi connectivity index (χ1n) is 11.5. The first-order valence-corrected chi connectivity index (χ1v) is 12.3. The number of benzene rings is 3. The van der Waals surface area contributed by atoms with Crippen LogP contribution in [0.3, 0.4) is 0 Å². The molecule has 168 valence electrons. The molecule has 5 rings (SSSR count). The number of piperazine rings is 1. The fourth-order valence-corrected chi connectivity index (χ4v) is 5.49. The third kappa shape index (κ3) is 4.80. The first kappa shape index (κ1) is 21.7. The molecule has 0 radical (unpaired) electrons. The summed E-state index contributed by atoms with van der Waals surface area (Å²) in [5, 5.41) is 4.30. The molecule has 33 heavy (non-hydrogen) atoms. The summed E-state index contributed by atoms with van der Waals surface area (Å²) in [5.41, 5.74) is 5.60.